The summed E-state index contributed by atoms with van der Waals surface area (Å²) in [5.41, 5.74) is 1.83. The number of nitrogens with one attached hydrogen (secondary N) is 1. The highest BCUT2D eigenvalue weighted by molar-refractivity contribution is 5.79. The molecule has 1 fully saturated rings. The molecule has 1 aliphatic rings. The number of hydrogen-bond donors (Lipinski definition) is 1. The lowest BCUT2D eigenvalue weighted by Gasteiger charge is -2.25. The van der Waals surface area contributed by atoms with E-state index in [-0.39, 0.29) is 24.3 Å². The molecular formula is C20H26N4O3. The van der Waals surface area contributed by atoms with Crippen LogP contribution in [0, 0.1) is 6.92 Å². The van der Waals surface area contributed by atoms with Crippen LogP contribution in [0.2, 0.25) is 0 Å². The highest BCUT2D eigenvalue weighted by Gasteiger charge is 2.37. The highest BCUT2D eigenvalue weighted by atomic mass is 16.2. The summed E-state index contributed by atoms with van der Waals surface area (Å²) >= 11 is 0. The van der Waals surface area contributed by atoms with Gasteiger partial charge in [-0.25, -0.2) is 4.79 Å². The van der Waals surface area contributed by atoms with Gasteiger partial charge in [0.15, 0.2) is 0 Å². The van der Waals surface area contributed by atoms with Crippen LogP contribution in [0.25, 0.3) is 0 Å². The van der Waals surface area contributed by atoms with Crippen molar-refractivity contribution >= 4 is 5.91 Å². The number of likely N-dealkylation sites (N-methyl/N-ethyl adjacent to an activating group) is 1. The fourth-order valence-corrected chi connectivity index (χ4v) is 3.67. The molecule has 27 heavy (non-hydrogen) atoms. The molecule has 1 N–H and O–H groups in total. The molecule has 2 heterocycles. The maximum atomic E-state index is 12.8. The molecule has 0 saturated carbocycles. The normalized spacial score (nSPS) is 19.7. The van der Waals surface area contributed by atoms with Crippen LogP contribution in [0.1, 0.15) is 22.6 Å². The molecule has 7 heteroatoms. The molecule has 2 atom stereocenters. The minimum absolute atomic E-state index is 0.00970. The second kappa shape index (κ2) is 7.52. The maximum absolute atomic E-state index is 12.8. The Morgan fingerprint density at radius 2 is 1.85 bits per heavy atom. The molecule has 2 unspecified atom stereocenters. The van der Waals surface area contributed by atoms with Crippen LogP contribution in [0.5, 0.6) is 0 Å². The molecule has 3 rings (SSSR count). The van der Waals surface area contributed by atoms with Crippen molar-refractivity contribution < 1.29 is 4.79 Å². The quantitative estimate of drug-likeness (QED) is 0.849. The number of carbonyl (C=O) groups is 1. The molecule has 1 amide bonds. The third-order valence-electron chi connectivity index (χ3n) is 5.41. The number of hydrogen-bond acceptors (Lipinski definition) is 4. The van der Waals surface area contributed by atoms with Crippen LogP contribution in [-0.4, -0.2) is 58.5 Å². The Balaban J connectivity index is 1.80. The first-order valence-electron chi connectivity index (χ1n) is 9.06. The van der Waals surface area contributed by atoms with Crippen LogP contribution < -0.4 is 11.2 Å². The molecule has 2 aromatic rings. The fourth-order valence-electron chi connectivity index (χ4n) is 3.67. The van der Waals surface area contributed by atoms with Gasteiger partial charge in [0.1, 0.15) is 0 Å². The van der Waals surface area contributed by atoms with Crippen molar-refractivity contribution in [2.75, 3.05) is 27.2 Å². The second-order valence-corrected chi connectivity index (χ2v) is 7.51. The van der Waals surface area contributed by atoms with Gasteiger partial charge >= 0.3 is 5.69 Å². The number of rotatable bonds is 4. The third-order valence-corrected chi connectivity index (χ3v) is 5.41. The average molecular weight is 370 g/mol. The van der Waals surface area contributed by atoms with E-state index in [0.717, 1.165) is 4.57 Å². The van der Waals surface area contributed by atoms with E-state index in [1.807, 2.05) is 19.0 Å². The number of carbonyl (C=O) groups excluding carboxylic acids is 1. The van der Waals surface area contributed by atoms with Crippen molar-refractivity contribution in [2.45, 2.75) is 25.3 Å². The molecule has 1 aliphatic heterocycles. The zero-order valence-corrected chi connectivity index (χ0v) is 16.2. The number of aryl methyl sites for hydroxylation is 1. The van der Waals surface area contributed by atoms with Crippen LogP contribution >= 0.6 is 0 Å². The van der Waals surface area contributed by atoms with E-state index in [1.165, 1.54) is 24.4 Å². The lowest BCUT2D eigenvalue weighted by Crippen LogP contribution is -2.38. The van der Waals surface area contributed by atoms with Gasteiger partial charge in [-0.05, 0) is 26.6 Å². The van der Waals surface area contributed by atoms with Crippen molar-refractivity contribution in [3.63, 3.8) is 0 Å². The van der Waals surface area contributed by atoms with Gasteiger partial charge in [-0.2, -0.15) is 0 Å². The minimum atomic E-state index is -0.482. The summed E-state index contributed by atoms with van der Waals surface area (Å²) in [7, 11) is 5.45. The summed E-state index contributed by atoms with van der Waals surface area (Å²) in [5.74, 6) is 0.128. The van der Waals surface area contributed by atoms with E-state index in [1.54, 1.807) is 0 Å². The van der Waals surface area contributed by atoms with Crippen LogP contribution in [-0.2, 0) is 18.3 Å². The van der Waals surface area contributed by atoms with Crippen molar-refractivity contribution in [2.24, 2.45) is 7.05 Å². The largest absolute Gasteiger partial charge is 0.340 e. The fraction of sp³-hybridized carbons (Fsp3) is 0.450. The number of aromatic amines is 1. The first-order valence-corrected chi connectivity index (χ1v) is 9.06. The average Bonchev–Trinajstić information content (AvgIpc) is 3.08. The van der Waals surface area contributed by atoms with Gasteiger partial charge in [-0.1, -0.05) is 29.8 Å². The molecule has 0 radical (unpaired) electrons. The van der Waals surface area contributed by atoms with Gasteiger partial charge in [0.25, 0.3) is 5.56 Å². The predicted octanol–water partition coefficient (Wildman–Crippen LogP) is 0.481. The van der Waals surface area contributed by atoms with E-state index in [2.05, 4.69) is 41.1 Å². The number of benzene rings is 1. The van der Waals surface area contributed by atoms with Gasteiger partial charge in [0, 0.05) is 43.9 Å². The van der Waals surface area contributed by atoms with Crippen molar-refractivity contribution in [1.29, 1.82) is 0 Å². The lowest BCUT2D eigenvalue weighted by molar-refractivity contribution is -0.129. The van der Waals surface area contributed by atoms with Crippen LogP contribution in [0.3, 0.4) is 0 Å². The summed E-state index contributed by atoms with van der Waals surface area (Å²) in [5, 5.41) is 0. The summed E-state index contributed by atoms with van der Waals surface area (Å²) in [6.45, 7) is 3.30. The molecule has 7 nitrogen and oxygen atoms in total. The first-order chi connectivity index (χ1) is 12.8. The Hall–Kier alpha value is -2.67. The zero-order chi connectivity index (χ0) is 19.7. The van der Waals surface area contributed by atoms with E-state index >= 15 is 0 Å². The summed E-state index contributed by atoms with van der Waals surface area (Å²) in [4.78, 5) is 43.0. The van der Waals surface area contributed by atoms with Gasteiger partial charge < -0.3 is 14.8 Å². The van der Waals surface area contributed by atoms with Crippen molar-refractivity contribution in [3.05, 3.63) is 68.0 Å². The van der Waals surface area contributed by atoms with Gasteiger partial charge in [-0.15, -0.1) is 0 Å². The number of amides is 1. The van der Waals surface area contributed by atoms with Gasteiger partial charge in [0.05, 0.1) is 6.42 Å². The van der Waals surface area contributed by atoms with E-state index in [0.29, 0.717) is 18.7 Å². The molecule has 1 aromatic heterocycles. The molecule has 0 bridgehead atoms. The second-order valence-electron chi connectivity index (χ2n) is 7.51. The van der Waals surface area contributed by atoms with Gasteiger partial charge in [0.2, 0.25) is 5.91 Å². The van der Waals surface area contributed by atoms with Crippen LogP contribution in [0.4, 0.5) is 0 Å². The highest BCUT2D eigenvalue weighted by Crippen LogP contribution is 2.30. The molecule has 1 aromatic carbocycles. The molecule has 0 spiro atoms. The number of H-pyrrole nitrogens is 1. The van der Waals surface area contributed by atoms with Crippen molar-refractivity contribution in [3.8, 4) is 0 Å². The zero-order valence-electron chi connectivity index (χ0n) is 16.2. The molecule has 144 valence electrons. The topological polar surface area (TPSA) is 78.4 Å². The molecule has 1 saturated heterocycles. The predicted molar refractivity (Wildman–Crippen MR) is 104 cm³/mol. The van der Waals surface area contributed by atoms with Crippen LogP contribution in [0.15, 0.2) is 40.1 Å². The summed E-state index contributed by atoms with van der Waals surface area (Å²) in [6, 6.07) is 8.66. The standard InChI is InChI=1S/C20H26N4O3/c1-13-5-7-14(8-6-13)16-11-24(12-17(16)22(2)3)18(25)9-15-10-21-20(27)23(4)19(15)26/h5-8,10,16-17H,9,11-12H2,1-4H3,(H,21,27). The molecule has 0 aliphatic carbocycles. The lowest BCUT2D eigenvalue weighted by atomic mass is 9.93. The van der Waals surface area contributed by atoms with Crippen molar-refractivity contribution in [1.82, 2.24) is 19.4 Å². The Labute approximate surface area is 158 Å². The Kier molecular flexibility index (Phi) is 5.32. The third kappa shape index (κ3) is 3.88. The summed E-state index contributed by atoms with van der Waals surface area (Å²) < 4.78 is 0.990. The number of aromatic nitrogens is 2. The Morgan fingerprint density at radius 3 is 2.48 bits per heavy atom. The summed E-state index contributed by atoms with van der Waals surface area (Å²) in [6.07, 6.45) is 1.34. The SMILES string of the molecule is Cc1ccc(C2CN(C(=O)Cc3c[nH]c(=O)n(C)c3=O)CC2N(C)C)cc1. The monoisotopic (exact) mass is 370 g/mol. The van der Waals surface area contributed by atoms with E-state index < -0.39 is 11.2 Å². The smallest absolute Gasteiger partial charge is 0.328 e. The number of likely N-dealkylation sites (tertiary alicyclic amines) is 1. The Bertz CT molecular complexity index is 943. The van der Waals surface area contributed by atoms with E-state index in [4.69, 9.17) is 0 Å². The first kappa shape index (κ1) is 19.1. The Morgan fingerprint density at radius 1 is 1.19 bits per heavy atom. The van der Waals surface area contributed by atoms with E-state index in [9.17, 15) is 14.4 Å². The van der Waals surface area contributed by atoms with Gasteiger partial charge in [-0.3, -0.25) is 14.2 Å². The maximum Gasteiger partial charge on any atom is 0.328 e. The number of nitrogens with zero attached hydrogens (tertiary/aromatic N) is 3. The minimum Gasteiger partial charge on any atom is -0.340 e. The molecular weight excluding hydrogens is 344 g/mol.